The molecule has 0 spiro atoms. The Bertz CT molecular complexity index is 422. The van der Waals surface area contributed by atoms with Crippen molar-refractivity contribution in [2.45, 2.75) is 39.3 Å². The standard InChI is InChI=1S/C16H25NO4/c1-3-10-17-14(16(19)20-4-2)9-11-21-15-8-6-5-7-13(15)12-18/h5-8,14,17-18H,3-4,9-12H2,1-2H3. The van der Waals surface area contributed by atoms with Crippen LogP contribution in [0.4, 0.5) is 0 Å². The Labute approximate surface area is 126 Å². The van der Waals surface area contributed by atoms with Crippen LogP contribution >= 0.6 is 0 Å². The highest BCUT2D eigenvalue weighted by molar-refractivity contribution is 5.75. The highest BCUT2D eigenvalue weighted by Gasteiger charge is 2.18. The molecule has 0 aliphatic carbocycles. The first-order valence-corrected chi connectivity index (χ1v) is 7.44. The average molecular weight is 295 g/mol. The molecule has 0 aliphatic heterocycles. The van der Waals surface area contributed by atoms with Gasteiger partial charge in [-0.05, 0) is 26.0 Å². The second kappa shape index (κ2) is 10.2. The van der Waals surface area contributed by atoms with Gasteiger partial charge in [0.05, 0.1) is 19.8 Å². The number of para-hydroxylation sites is 1. The van der Waals surface area contributed by atoms with Crippen LogP contribution in [0, 0.1) is 0 Å². The van der Waals surface area contributed by atoms with Crippen LogP contribution in [0.5, 0.6) is 5.75 Å². The van der Waals surface area contributed by atoms with E-state index in [9.17, 15) is 9.90 Å². The molecule has 1 unspecified atom stereocenters. The molecule has 0 fully saturated rings. The van der Waals surface area contributed by atoms with E-state index in [4.69, 9.17) is 9.47 Å². The van der Waals surface area contributed by atoms with Gasteiger partial charge in [-0.1, -0.05) is 25.1 Å². The van der Waals surface area contributed by atoms with Crippen molar-refractivity contribution in [1.29, 1.82) is 0 Å². The van der Waals surface area contributed by atoms with Gasteiger partial charge in [-0.2, -0.15) is 0 Å². The Morgan fingerprint density at radius 1 is 1.33 bits per heavy atom. The van der Waals surface area contributed by atoms with Crippen molar-refractivity contribution < 1.29 is 19.4 Å². The number of rotatable bonds is 10. The van der Waals surface area contributed by atoms with Crippen molar-refractivity contribution in [3.63, 3.8) is 0 Å². The Morgan fingerprint density at radius 2 is 2.10 bits per heavy atom. The van der Waals surface area contributed by atoms with Crippen LogP contribution in [-0.2, 0) is 16.1 Å². The summed E-state index contributed by atoms with van der Waals surface area (Å²) in [6.45, 7) is 5.29. The van der Waals surface area contributed by atoms with Crippen LogP contribution < -0.4 is 10.1 Å². The SMILES string of the molecule is CCCNC(CCOc1ccccc1CO)C(=O)OCC. The van der Waals surface area contributed by atoms with Crippen molar-refractivity contribution in [3.8, 4) is 5.75 Å². The van der Waals surface area contributed by atoms with Gasteiger partial charge in [0.1, 0.15) is 11.8 Å². The minimum Gasteiger partial charge on any atom is -0.493 e. The van der Waals surface area contributed by atoms with E-state index in [1.807, 2.05) is 31.2 Å². The zero-order chi connectivity index (χ0) is 15.5. The van der Waals surface area contributed by atoms with Crippen LogP contribution in [0.15, 0.2) is 24.3 Å². The molecule has 118 valence electrons. The topological polar surface area (TPSA) is 67.8 Å². The molecule has 1 rings (SSSR count). The molecular weight excluding hydrogens is 270 g/mol. The van der Waals surface area contributed by atoms with Gasteiger partial charge >= 0.3 is 5.97 Å². The largest absolute Gasteiger partial charge is 0.493 e. The number of hydrogen-bond acceptors (Lipinski definition) is 5. The monoisotopic (exact) mass is 295 g/mol. The number of carbonyl (C=O) groups is 1. The minimum atomic E-state index is -0.355. The summed E-state index contributed by atoms with van der Waals surface area (Å²) in [5.41, 5.74) is 0.742. The summed E-state index contributed by atoms with van der Waals surface area (Å²) in [4.78, 5) is 11.8. The van der Waals surface area contributed by atoms with E-state index in [2.05, 4.69) is 5.32 Å². The Kier molecular flexibility index (Phi) is 8.47. The summed E-state index contributed by atoms with van der Waals surface area (Å²) < 4.78 is 10.7. The molecule has 5 nitrogen and oxygen atoms in total. The molecule has 0 bridgehead atoms. The van der Waals surface area contributed by atoms with Crippen molar-refractivity contribution in [2.24, 2.45) is 0 Å². The number of aliphatic hydroxyl groups is 1. The van der Waals surface area contributed by atoms with E-state index in [-0.39, 0.29) is 18.6 Å². The molecule has 5 heteroatoms. The fourth-order valence-electron chi connectivity index (χ4n) is 1.93. The Morgan fingerprint density at radius 3 is 2.76 bits per heavy atom. The summed E-state index contributed by atoms with van der Waals surface area (Å²) in [6, 6.07) is 6.97. The normalized spacial score (nSPS) is 12.0. The molecule has 21 heavy (non-hydrogen) atoms. The van der Waals surface area contributed by atoms with Gasteiger partial charge in [-0.25, -0.2) is 0 Å². The van der Waals surface area contributed by atoms with E-state index in [1.165, 1.54) is 0 Å². The first kappa shape index (κ1) is 17.5. The third kappa shape index (κ3) is 6.14. The van der Waals surface area contributed by atoms with Gasteiger partial charge in [-0.3, -0.25) is 4.79 Å². The molecule has 0 heterocycles. The number of aliphatic hydroxyl groups excluding tert-OH is 1. The van der Waals surface area contributed by atoms with Crippen molar-refractivity contribution in [1.82, 2.24) is 5.32 Å². The Hall–Kier alpha value is -1.59. The molecule has 0 saturated carbocycles. The second-order valence-corrected chi connectivity index (χ2v) is 4.66. The molecule has 1 aromatic rings. The van der Waals surface area contributed by atoms with E-state index >= 15 is 0 Å². The average Bonchev–Trinajstić information content (AvgIpc) is 2.51. The van der Waals surface area contributed by atoms with E-state index in [0.29, 0.717) is 25.4 Å². The summed E-state index contributed by atoms with van der Waals surface area (Å²) >= 11 is 0. The maximum Gasteiger partial charge on any atom is 0.323 e. The smallest absolute Gasteiger partial charge is 0.323 e. The highest BCUT2D eigenvalue weighted by atomic mass is 16.5. The third-order valence-electron chi connectivity index (χ3n) is 3.02. The second-order valence-electron chi connectivity index (χ2n) is 4.66. The number of carbonyl (C=O) groups excluding carboxylic acids is 1. The maximum atomic E-state index is 11.8. The fourth-order valence-corrected chi connectivity index (χ4v) is 1.93. The van der Waals surface area contributed by atoms with Gasteiger partial charge in [0.25, 0.3) is 0 Å². The predicted molar refractivity (Wildman–Crippen MR) is 81.2 cm³/mol. The van der Waals surface area contributed by atoms with Gasteiger partial charge < -0.3 is 19.9 Å². The van der Waals surface area contributed by atoms with Gasteiger partial charge in [0.15, 0.2) is 0 Å². The molecule has 0 radical (unpaired) electrons. The molecule has 0 aliphatic rings. The number of esters is 1. The molecule has 0 amide bonds. The van der Waals surface area contributed by atoms with Crippen LogP contribution in [-0.4, -0.2) is 36.9 Å². The fraction of sp³-hybridized carbons (Fsp3) is 0.562. The zero-order valence-corrected chi connectivity index (χ0v) is 12.8. The predicted octanol–water partition coefficient (Wildman–Crippen LogP) is 1.88. The van der Waals surface area contributed by atoms with Crippen molar-refractivity contribution >= 4 is 5.97 Å². The lowest BCUT2D eigenvalue weighted by molar-refractivity contribution is -0.146. The lowest BCUT2D eigenvalue weighted by Crippen LogP contribution is -2.39. The van der Waals surface area contributed by atoms with Gasteiger partial charge in [0, 0.05) is 12.0 Å². The first-order chi connectivity index (χ1) is 10.2. The molecule has 1 atom stereocenters. The molecule has 1 aromatic carbocycles. The number of nitrogens with one attached hydrogen (secondary N) is 1. The van der Waals surface area contributed by atoms with Crippen molar-refractivity contribution in [2.75, 3.05) is 19.8 Å². The maximum absolute atomic E-state index is 11.8. The van der Waals surface area contributed by atoms with Crippen LogP contribution in [0.25, 0.3) is 0 Å². The summed E-state index contributed by atoms with van der Waals surface area (Å²) in [5, 5.41) is 12.4. The molecule has 2 N–H and O–H groups in total. The van der Waals surface area contributed by atoms with Crippen molar-refractivity contribution in [3.05, 3.63) is 29.8 Å². The Balaban J connectivity index is 2.50. The number of benzene rings is 1. The zero-order valence-electron chi connectivity index (χ0n) is 12.8. The van der Waals surface area contributed by atoms with Crippen LogP contribution in [0.3, 0.4) is 0 Å². The summed E-state index contributed by atoms with van der Waals surface area (Å²) in [6.07, 6.45) is 1.47. The van der Waals surface area contributed by atoms with Crippen LogP contribution in [0.2, 0.25) is 0 Å². The van der Waals surface area contributed by atoms with Gasteiger partial charge in [-0.15, -0.1) is 0 Å². The summed E-state index contributed by atoms with van der Waals surface area (Å²) in [7, 11) is 0. The van der Waals surface area contributed by atoms with Gasteiger partial charge in [0.2, 0.25) is 0 Å². The number of hydrogen-bond donors (Lipinski definition) is 2. The lowest BCUT2D eigenvalue weighted by Gasteiger charge is -2.17. The quantitative estimate of drug-likeness (QED) is 0.645. The van der Waals surface area contributed by atoms with E-state index in [0.717, 1.165) is 18.5 Å². The highest BCUT2D eigenvalue weighted by Crippen LogP contribution is 2.18. The minimum absolute atomic E-state index is 0.0639. The molecule has 0 aromatic heterocycles. The van der Waals surface area contributed by atoms with E-state index < -0.39 is 0 Å². The molecular formula is C16H25NO4. The van der Waals surface area contributed by atoms with Crippen LogP contribution in [0.1, 0.15) is 32.3 Å². The third-order valence-corrected chi connectivity index (χ3v) is 3.02. The number of ether oxygens (including phenoxy) is 2. The lowest BCUT2D eigenvalue weighted by atomic mass is 10.2. The first-order valence-electron chi connectivity index (χ1n) is 7.44. The van der Waals surface area contributed by atoms with E-state index in [1.54, 1.807) is 6.92 Å². The summed E-state index contributed by atoms with van der Waals surface area (Å²) in [5.74, 6) is 0.406. The molecule has 0 saturated heterocycles.